The summed E-state index contributed by atoms with van der Waals surface area (Å²) in [6.07, 6.45) is 2.03. The van der Waals surface area contributed by atoms with Gasteiger partial charge < -0.3 is 0 Å². The Morgan fingerprint density at radius 3 is 2.85 bits per heavy atom. The van der Waals surface area contributed by atoms with E-state index in [0.29, 0.717) is 0 Å². The third kappa shape index (κ3) is 1.36. The van der Waals surface area contributed by atoms with E-state index < -0.39 is 0 Å². The highest BCUT2D eigenvalue weighted by Gasteiger charge is 2.08. The van der Waals surface area contributed by atoms with Gasteiger partial charge >= 0.3 is 0 Å². The Hall–Kier alpha value is -0.540. The Morgan fingerprint density at radius 2 is 2.15 bits per heavy atom. The minimum Gasteiger partial charge on any atom is -0.205 e. The molecule has 0 saturated heterocycles. The highest BCUT2D eigenvalue weighted by molar-refractivity contribution is 7.99. The van der Waals surface area contributed by atoms with Crippen molar-refractivity contribution in [3.8, 4) is 0 Å². The molecule has 3 heteroatoms. The number of thiophene rings is 1. The molecule has 0 spiro atoms. The van der Waals surface area contributed by atoms with E-state index in [4.69, 9.17) is 0 Å². The third-order valence-electron chi connectivity index (χ3n) is 2.05. The van der Waals surface area contributed by atoms with Crippen LogP contribution in [0.2, 0.25) is 0 Å². The predicted molar refractivity (Wildman–Crippen MR) is 58.3 cm³/mol. The molecule has 0 unspecified atom stereocenters. The van der Waals surface area contributed by atoms with Gasteiger partial charge in [-0.3, -0.25) is 0 Å². The fraction of sp³-hybridized carbons (Fsp3) is 0.200. The zero-order chi connectivity index (χ0) is 9.42. The molecule has 0 bridgehead atoms. The van der Waals surface area contributed by atoms with Gasteiger partial charge in [0, 0.05) is 15.7 Å². The Bertz CT molecular complexity index is 445. The summed E-state index contributed by atoms with van der Waals surface area (Å²) in [7, 11) is 0. The second-order valence-corrected chi connectivity index (χ2v) is 4.57. The van der Waals surface area contributed by atoms with Crippen LogP contribution in [0.15, 0.2) is 22.4 Å². The molecule has 0 saturated carbocycles. The molecule has 0 fully saturated rings. The van der Waals surface area contributed by atoms with Gasteiger partial charge in [-0.1, -0.05) is 12.1 Å². The van der Waals surface area contributed by atoms with Crippen molar-refractivity contribution in [3.63, 3.8) is 0 Å². The molecule has 13 heavy (non-hydrogen) atoms. The number of rotatable bonds is 1. The van der Waals surface area contributed by atoms with Crippen LogP contribution in [0.5, 0.6) is 0 Å². The van der Waals surface area contributed by atoms with E-state index in [0.717, 1.165) is 10.1 Å². The summed E-state index contributed by atoms with van der Waals surface area (Å²) in [6, 6.07) is 3.83. The SMILES string of the molecule is CSc1c(C)ccc2c(F)csc12. The van der Waals surface area contributed by atoms with Gasteiger partial charge in [0.15, 0.2) is 0 Å². The molecule has 0 radical (unpaired) electrons. The lowest BCUT2D eigenvalue weighted by atomic mass is 10.2. The molecule has 2 aromatic rings. The van der Waals surface area contributed by atoms with Crippen LogP contribution in [0.1, 0.15) is 5.56 Å². The topological polar surface area (TPSA) is 0 Å². The lowest BCUT2D eigenvalue weighted by Crippen LogP contribution is -1.79. The zero-order valence-electron chi connectivity index (χ0n) is 7.43. The lowest BCUT2D eigenvalue weighted by Gasteiger charge is -2.02. The maximum Gasteiger partial charge on any atom is 0.141 e. The number of hydrogen-bond acceptors (Lipinski definition) is 2. The molecular weight excluding hydrogens is 203 g/mol. The minimum atomic E-state index is -0.102. The summed E-state index contributed by atoms with van der Waals surface area (Å²) < 4.78 is 14.3. The van der Waals surface area contributed by atoms with Crippen LogP contribution in [0.3, 0.4) is 0 Å². The molecule has 0 N–H and O–H groups in total. The Balaban J connectivity index is 2.85. The summed E-state index contributed by atoms with van der Waals surface area (Å²) >= 11 is 3.17. The van der Waals surface area contributed by atoms with E-state index in [9.17, 15) is 4.39 Å². The fourth-order valence-corrected chi connectivity index (χ4v) is 3.38. The first kappa shape index (κ1) is 9.03. The van der Waals surface area contributed by atoms with E-state index >= 15 is 0 Å². The molecule has 0 nitrogen and oxygen atoms in total. The first-order chi connectivity index (χ1) is 6.24. The average Bonchev–Trinajstić information content (AvgIpc) is 2.48. The number of fused-ring (bicyclic) bond motifs is 1. The highest BCUT2D eigenvalue weighted by Crippen LogP contribution is 2.35. The summed E-state index contributed by atoms with van der Waals surface area (Å²) in [5.74, 6) is -0.102. The maximum absolute atomic E-state index is 13.2. The van der Waals surface area contributed by atoms with Crippen molar-refractivity contribution in [2.75, 3.05) is 6.26 Å². The normalized spacial score (nSPS) is 11.0. The van der Waals surface area contributed by atoms with Crippen LogP contribution < -0.4 is 0 Å². The van der Waals surface area contributed by atoms with Crippen molar-refractivity contribution >= 4 is 33.2 Å². The van der Waals surface area contributed by atoms with Crippen molar-refractivity contribution in [2.45, 2.75) is 11.8 Å². The van der Waals surface area contributed by atoms with Crippen molar-refractivity contribution in [1.82, 2.24) is 0 Å². The summed E-state index contributed by atoms with van der Waals surface area (Å²) in [5.41, 5.74) is 1.22. The van der Waals surface area contributed by atoms with Crippen LogP contribution in [-0.2, 0) is 0 Å². The summed E-state index contributed by atoms with van der Waals surface area (Å²) in [5, 5.41) is 2.32. The van der Waals surface area contributed by atoms with Crippen molar-refractivity contribution in [3.05, 3.63) is 28.9 Å². The van der Waals surface area contributed by atoms with Crippen LogP contribution in [0.25, 0.3) is 10.1 Å². The molecule has 1 heterocycles. The van der Waals surface area contributed by atoms with Crippen molar-refractivity contribution < 1.29 is 4.39 Å². The Kier molecular flexibility index (Phi) is 2.30. The molecule has 0 amide bonds. The summed E-state index contributed by atoms with van der Waals surface area (Å²) in [4.78, 5) is 1.20. The number of halogens is 1. The number of thioether (sulfide) groups is 1. The summed E-state index contributed by atoms with van der Waals surface area (Å²) in [6.45, 7) is 2.06. The van der Waals surface area contributed by atoms with Gasteiger partial charge in [-0.15, -0.1) is 23.1 Å². The zero-order valence-corrected chi connectivity index (χ0v) is 9.06. The first-order valence-electron chi connectivity index (χ1n) is 3.94. The van der Waals surface area contributed by atoms with Gasteiger partial charge in [-0.25, -0.2) is 4.39 Å². The highest BCUT2D eigenvalue weighted by atomic mass is 32.2. The lowest BCUT2D eigenvalue weighted by molar-refractivity contribution is 0.644. The van der Waals surface area contributed by atoms with Crippen molar-refractivity contribution in [2.24, 2.45) is 0 Å². The van der Waals surface area contributed by atoms with Crippen LogP contribution in [0.4, 0.5) is 4.39 Å². The van der Waals surface area contributed by atoms with E-state index in [-0.39, 0.29) is 5.82 Å². The van der Waals surface area contributed by atoms with E-state index in [1.807, 2.05) is 18.4 Å². The molecule has 0 aliphatic carbocycles. The van der Waals surface area contributed by atoms with Gasteiger partial charge in [0.25, 0.3) is 0 Å². The van der Waals surface area contributed by atoms with E-state index in [2.05, 4.69) is 6.92 Å². The molecule has 1 aromatic carbocycles. The van der Waals surface area contributed by atoms with E-state index in [1.54, 1.807) is 17.1 Å². The second kappa shape index (κ2) is 3.31. The maximum atomic E-state index is 13.2. The second-order valence-electron chi connectivity index (χ2n) is 2.88. The van der Waals surface area contributed by atoms with Gasteiger partial charge in [0.05, 0.1) is 4.70 Å². The monoisotopic (exact) mass is 212 g/mol. The van der Waals surface area contributed by atoms with Gasteiger partial charge in [0.1, 0.15) is 5.82 Å². The number of aryl methyl sites for hydroxylation is 1. The van der Waals surface area contributed by atoms with Crippen molar-refractivity contribution in [1.29, 1.82) is 0 Å². The molecular formula is C10H9FS2. The molecule has 1 aromatic heterocycles. The van der Waals surface area contributed by atoms with Gasteiger partial charge in [-0.05, 0) is 18.7 Å². The standard InChI is InChI=1S/C10H9FS2/c1-6-3-4-7-8(11)5-13-10(7)9(6)12-2/h3-5H,1-2H3. The van der Waals surface area contributed by atoms with Gasteiger partial charge in [0.2, 0.25) is 0 Å². The quantitative estimate of drug-likeness (QED) is 0.642. The van der Waals surface area contributed by atoms with Gasteiger partial charge in [-0.2, -0.15) is 0 Å². The number of benzene rings is 1. The first-order valence-corrected chi connectivity index (χ1v) is 6.04. The third-order valence-corrected chi connectivity index (χ3v) is 4.10. The van der Waals surface area contributed by atoms with Crippen LogP contribution in [-0.4, -0.2) is 6.26 Å². The van der Waals surface area contributed by atoms with E-state index in [1.165, 1.54) is 21.8 Å². The fourth-order valence-electron chi connectivity index (χ4n) is 1.39. The minimum absolute atomic E-state index is 0.102. The van der Waals surface area contributed by atoms with Crippen LogP contribution in [0, 0.1) is 12.7 Å². The Morgan fingerprint density at radius 1 is 1.38 bits per heavy atom. The largest absolute Gasteiger partial charge is 0.205 e. The molecule has 0 aliphatic rings. The van der Waals surface area contributed by atoms with Crippen LogP contribution >= 0.6 is 23.1 Å². The average molecular weight is 212 g/mol. The number of hydrogen-bond donors (Lipinski definition) is 0. The molecule has 0 atom stereocenters. The molecule has 0 aliphatic heterocycles. The molecule has 2 rings (SSSR count). The Labute approximate surface area is 84.8 Å². The predicted octanol–water partition coefficient (Wildman–Crippen LogP) is 4.07. The molecule has 68 valence electrons. The smallest absolute Gasteiger partial charge is 0.141 e.